The highest BCUT2D eigenvalue weighted by molar-refractivity contribution is 5.84. The van der Waals surface area contributed by atoms with Crippen molar-refractivity contribution in [3.05, 3.63) is 29.5 Å². The molecule has 2 aromatic rings. The quantitative estimate of drug-likeness (QED) is 0.737. The van der Waals surface area contributed by atoms with Crippen LogP contribution in [-0.2, 0) is 27.2 Å². The molecule has 0 saturated carbocycles. The first kappa shape index (κ1) is 18.8. The fourth-order valence-corrected chi connectivity index (χ4v) is 4.01. The smallest absolute Gasteiger partial charge is 0.344 e. The average molecular weight is 385 g/mol. The Kier molecular flexibility index (Phi) is 5.55. The summed E-state index contributed by atoms with van der Waals surface area (Å²) in [4.78, 5) is 25.9. The Labute approximate surface area is 164 Å². The fourth-order valence-electron chi connectivity index (χ4n) is 4.01. The van der Waals surface area contributed by atoms with Gasteiger partial charge in [0.1, 0.15) is 17.1 Å². The molecule has 4 rings (SSSR count). The molecule has 150 valence electrons. The SMILES string of the molecule is CC1CCN(C(=O)COC(=O)COc2ccc3oc4c(c3c2)CCCC4)CC1. The van der Waals surface area contributed by atoms with Crippen LogP contribution in [0.1, 0.15) is 43.9 Å². The number of fused-ring (bicyclic) bond motifs is 3. The Morgan fingerprint density at radius 3 is 2.75 bits per heavy atom. The molecule has 1 aliphatic heterocycles. The molecule has 0 radical (unpaired) electrons. The molecule has 0 bridgehead atoms. The molecular weight excluding hydrogens is 358 g/mol. The lowest BCUT2D eigenvalue weighted by Gasteiger charge is -2.30. The zero-order valence-corrected chi connectivity index (χ0v) is 16.4. The minimum absolute atomic E-state index is 0.133. The number of piperidine rings is 1. The van der Waals surface area contributed by atoms with Crippen LogP contribution in [0.25, 0.3) is 11.0 Å². The second-order valence-corrected chi connectivity index (χ2v) is 7.88. The highest BCUT2D eigenvalue weighted by Crippen LogP contribution is 2.33. The topological polar surface area (TPSA) is 69.0 Å². The lowest BCUT2D eigenvalue weighted by molar-refractivity contribution is -0.154. The standard InChI is InChI=1S/C22H27NO5/c1-15-8-10-23(11-9-15)21(24)13-27-22(25)14-26-16-6-7-20-18(12-16)17-4-2-3-5-19(17)28-20/h6-7,12,15H,2-5,8-11,13-14H2,1H3. The van der Waals surface area contributed by atoms with Crippen molar-refractivity contribution >= 4 is 22.8 Å². The predicted octanol–water partition coefficient (Wildman–Crippen LogP) is 3.49. The molecule has 1 aromatic carbocycles. The van der Waals surface area contributed by atoms with E-state index in [0.29, 0.717) is 11.7 Å². The first-order valence-corrected chi connectivity index (χ1v) is 10.2. The van der Waals surface area contributed by atoms with Crippen molar-refractivity contribution in [3.63, 3.8) is 0 Å². The Morgan fingerprint density at radius 2 is 1.93 bits per heavy atom. The highest BCUT2D eigenvalue weighted by Gasteiger charge is 2.21. The van der Waals surface area contributed by atoms with E-state index in [0.717, 1.165) is 61.9 Å². The van der Waals surface area contributed by atoms with Crippen molar-refractivity contribution in [2.45, 2.75) is 45.4 Å². The van der Waals surface area contributed by atoms with Crippen LogP contribution in [-0.4, -0.2) is 43.1 Å². The summed E-state index contributed by atoms with van der Waals surface area (Å²) < 4.78 is 16.6. The summed E-state index contributed by atoms with van der Waals surface area (Å²) >= 11 is 0. The number of ether oxygens (including phenoxy) is 2. The largest absolute Gasteiger partial charge is 0.482 e. The van der Waals surface area contributed by atoms with E-state index in [9.17, 15) is 9.59 Å². The molecule has 0 unspecified atom stereocenters. The number of amides is 1. The van der Waals surface area contributed by atoms with Crippen LogP contribution in [0.3, 0.4) is 0 Å². The van der Waals surface area contributed by atoms with Gasteiger partial charge < -0.3 is 18.8 Å². The van der Waals surface area contributed by atoms with Crippen molar-refractivity contribution in [1.29, 1.82) is 0 Å². The molecule has 2 aliphatic rings. The molecule has 28 heavy (non-hydrogen) atoms. The maximum atomic E-state index is 12.1. The Bertz CT molecular complexity index is 863. The van der Waals surface area contributed by atoms with Crippen LogP contribution in [0.5, 0.6) is 5.75 Å². The van der Waals surface area contributed by atoms with Gasteiger partial charge in [-0.3, -0.25) is 4.79 Å². The zero-order chi connectivity index (χ0) is 19.5. The van der Waals surface area contributed by atoms with Gasteiger partial charge in [-0.05, 0) is 56.2 Å². The third-order valence-electron chi connectivity index (χ3n) is 5.78. The highest BCUT2D eigenvalue weighted by atomic mass is 16.6. The van der Waals surface area contributed by atoms with E-state index in [1.165, 1.54) is 12.0 Å². The molecule has 1 aliphatic carbocycles. The maximum absolute atomic E-state index is 12.1. The van der Waals surface area contributed by atoms with E-state index in [-0.39, 0.29) is 19.1 Å². The van der Waals surface area contributed by atoms with Crippen LogP contribution in [0, 0.1) is 5.92 Å². The van der Waals surface area contributed by atoms with Gasteiger partial charge >= 0.3 is 5.97 Å². The monoisotopic (exact) mass is 385 g/mol. The van der Waals surface area contributed by atoms with Crippen molar-refractivity contribution in [1.82, 2.24) is 4.90 Å². The first-order chi connectivity index (χ1) is 13.6. The summed E-state index contributed by atoms with van der Waals surface area (Å²) in [5.41, 5.74) is 2.12. The van der Waals surface area contributed by atoms with Crippen molar-refractivity contribution < 1.29 is 23.5 Å². The molecule has 1 amide bonds. The summed E-state index contributed by atoms with van der Waals surface area (Å²) in [5, 5.41) is 1.06. The normalized spacial score (nSPS) is 17.4. The van der Waals surface area contributed by atoms with Crippen LogP contribution in [0.2, 0.25) is 0 Å². The molecule has 1 fully saturated rings. The van der Waals surface area contributed by atoms with Gasteiger partial charge in [0.25, 0.3) is 5.91 Å². The van der Waals surface area contributed by atoms with Gasteiger partial charge in [0.15, 0.2) is 13.2 Å². The van der Waals surface area contributed by atoms with E-state index < -0.39 is 5.97 Å². The second kappa shape index (κ2) is 8.25. The van der Waals surface area contributed by atoms with E-state index in [1.54, 1.807) is 11.0 Å². The predicted molar refractivity (Wildman–Crippen MR) is 104 cm³/mol. The number of hydrogen-bond donors (Lipinski definition) is 0. The van der Waals surface area contributed by atoms with Gasteiger partial charge in [0.05, 0.1) is 0 Å². The van der Waals surface area contributed by atoms with Gasteiger partial charge in [-0.15, -0.1) is 0 Å². The minimum Gasteiger partial charge on any atom is -0.482 e. The third kappa shape index (κ3) is 4.16. The molecule has 6 heteroatoms. The number of hydrogen-bond acceptors (Lipinski definition) is 5. The van der Waals surface area contributed by atoms with Gasteiger partial charge in [0, 0.05) is 30.5 Å². The van der Waals surface area contributed by atoms with E-state index in [4.69, 9.17) is 13.9 Å². The molecule has 0 N–H and O–H groups in total. The van der Waals surface area contributed by atoms with Crippen molar-refractivity contribution in [2.24, 2.45) is 5.92 Å². The zero-order valence-electron chi connectivity index (χ0n) is 16.4. The summed E-state index contributed by atoms with van der Waals surface area (Å²) in [6.07, 6.45) is 6.34. The number of furan rings is 1. The van der Waals surface area contributed by atoms with Crippen LogP contribution < -0.4 is 4.74 Å². The molecule has 6 nitrogen and oxygen atoms in total. The summed E-state index contributed by atoms with van der Waals surface area (Å²) in [6, 6.07) is 5.61. The second-order valence-electron chi connectivity index (χ2n) is 7.88. The van der Waals surface area contributed by atoms with Crippen LogP contribution in [0.4, 0.5) is 0 Å². The van der Waals surface area contributed by atoms with Crippen molar-refractivity contribution in [3.8, 4) is 5.75 Å². The van der Waals surface area contributed by atoms with E-state index >= 15 is 0 Å². The number of esters is 1. The molecule has 1 saturated heterocycles. The first-order valence-electron chi connectivity index (χ1n) is 10.2. The van der Waals surface area contributed by atoms with Gasteiger partial charge in [-0.2, -0.15) is 0 Å². The van der Waals surface area contributed by atoms with Crippen LogP contribution >= 0.6 is 0 Å². The minimum atomic E-state index is -0.534. The number of carbonyl (C=O) groups is 2. The number of nitrogens with zero attached hydrogens (tertiary/aromatic N) is 1. The molecule has 1 aromatic heterocycles. The Hall–Kier alpha value is -2.50. The summed E-state index contributed by atoms with van der Waals surface area (Å²) in [5.74, 6) is 1.66. The number of aryl methyl sites for hydroxylation is 2. The van der Waals surface area contributed by atoms with Gasteiger partial charge in [0.2, 0.25) is 0 Å². The van der Waals surface area contributed by atoms with E-state index in [1.807, 2.05) is 12.1 Å². The van der Waals surface area contributed by atoms with Crippen molar-refractivity contribution in [2.75, 3.05) is 26.3 Å². The summed E-state index contributed by atoms with van der Waals surface area (Å²) in [7, 11) is 0. The molecule has 0 atom stereocenters. The lowest BCUT2D eigenvalue weighted by atomic mass is 9.96. The van der Waals surface area contributed by atoms with E-state index in [2.05, 4.69) is 6.92 Å². The fraction of sp³-hybridized carbons (Fsp3) is 0.545. The van der Waals surface area contributed by atoms with Gasteiger partial charge in [-0.25, -0.2) is 4.79 Å². The molecule has 2 heterocycles. The maximum Gasteiger partial charge on any atom is 0.344 e. The molecule has 0 spiro atoms. The summed E-state index contributed by atoms with van der Waals surface area (Å²) in [6.45, 7) is 3.24. The number of likely N-dealkylation sites (tertiary alicyclic amines) is 1. The number of benzene rings is 1. The Balaban J connectivity index is 1.28. The van der Waals surface area contributed by atoms with Gasteiger partial charge in [-0.1, -0.05) is 6.92 Å². The molecular formula is C22H27NO5. The number of carbonyl (C=O) groups excluding carboxylic acids is 2. The third-order valence-corrected chi connectivity index (χ3v) is 5.78. The Morgan fingerprint density at radius 1 is 1.14 bits per heavy atom. The lowest BCUT2D eigenvalue weighted by Crippen LogP contribution is -2.40. The average Bonchev–Trinajstić information content (AvgIpc) is 3.09. The number of rotatable bonds is 5. The van der Waals surface area contributed by atoms with Crippen LogP contribution in [0.15, 0.2) is 22.6 Å².